The standard InChI is InChI=1S/C27H25NO5S/c1-4-32-26(30)18(3)28-25(29)24(34-27(28)31)15-22-21-11-6-5-10-20(21)12-13-23(22)33-16-19-9-7-8-17(2)14-19/h5-15,18H,4,16H2,1-3H3/b24-15+/t18-/m1/s1. The second-order valence-corrected chi connectivity index (χ2v) is 8.95. The molecule has 1 atom stereocenters. The number of ether oxygens (including phenoxy) is 2. The van der Waals surface area contributed by atoms with Crippen LogP contribution in [0.15, 0.2) is 65.6 Å². The minimum absolute atomic E-state index is 0.173. The Morgan fingerprint density at radius 1 is 1.09 bits per heavy atom. The number of carbonyl (C=O) groups excluding carboxylic acids is 3. The summed E-state index contributed by atoms with van der Waals surface area (Å²) in [4.78, 5) is 39.0. The van der Waals surface area contributed by atoms with Gasteiger partial charge in [-0.15, -0.1) is 0 Å². The lowest BCUT2D eigenvalue weighted by atomic mass is 10.0. The fourth-order valence-electron chi connectivity index (χ4n) is 3.83. The fourth-order valence-corrected chi connectivity index (χ4v) is 4.72. The van der Waals surface area contributed by atoms with E-state index in [1.807, 2.05) is 61.5 Å². The van der Waals surface area contributed by atoms with Crippen LogP contribution in [0.2, 0.25) is 0 Å². The van der Waals surface area contributed by atoms with Gasteiger partial charge in [0.1, 0.15) is 18.4 Å². The van der Waals surface area contributed by atoms with Gasteiger partial charge in [-0.25, -0.2) is 4.79 Å². The molecule has 0 saturated carbocycles. The molecule has 174 valence electrons. The van der Waals surface area contributed by atoms with Crippen LogP contribution in [0.25, 0.3) is 16.8 Å². The van der Waals surface area contributed by atoms with Gasteiger partial charge in [0.25, 0.3) is 11.1 Å². The van der Waals surface area contributed by atoms with Crippen LogP contribution in [0.4, 0.5) is 4.79 Å². The lowest BCUT2D eigenvalue weighted by Gasteiger charge is -2.19. The van der Waals surface area contributed by atoms with Crippen LogP contribution in [0.5, 0.6) is 5.75 Å². The molecule has 0 aliphatic carbocycles. The maximum absolute atomic E-state index is 13.1. The third kappa shape index (κ3) is 4.84. The Bertz CT molecular complexity index is 1300. The van der Waals surface area contributed by atoms with Crippen LogP contribution < -0.4 is 4.74 Å². The van der Waals surface area contributed by atoms with Crippen LogP contribution in [-0.2, 0) is 20.9 Å². The molecule has 1 heterocycles. The summed E-state index contributed by atoms with van der Waals surface area (Å²) in [7, 11) is 0. The first-order valence-electron chi connectivity index (χ1n) is 11.0. The summed E-state index contributed by atoms with van der Waals surface area (Å²) in [5.41, 5.74) is 2.88. The van der Waals surface area contributed by atoms with Crippen molar-refractivity contribution in [1.29, 1.82) is 0 Å². The van der Waals surface area contributed by atoms with Crippen molar-refractivity contribution in [1.82, 2.24) is 4.90 Å². The normalized spacial score (nSPS) is 15.7. The Balaban J connectivity index is 1.70. The average Bonchev–Trinajstić information content (AvgIpc) is 3.10. The Hall–Kier alpha value is -3.58. The van der Waals surface area contributed by atoms with Crippen molar-refractivity contribution >= 4 is 45.7 Å². The molecule has 0 unspecified atom stereocenters. The molecule has 2 amide bonds. The molecule has 3 aromatic rings. The number of benzene rings is 3. The van der Waals surface area contributed by atoms with E-state index in [9.17, 15) is 14.4 Å². The summed E-state index contributed by atoms with van der Waals surface area (Å²) < 4.78 is 11.2. The van der Waals surface area contributed by atoms with Gasteiger partial charge in [0.2, 0.25) is 0 Å². The molecule has 0 radical (unpaired) electrons. The molecule has 0 bridgehead atoms. The molecule has 0 spiro atoms. The summed E-state index contributed by atoms with van der Waals surface area (Å²) >= 11 is 0.809. The summed E-state index contributed by atoms with van der Waals surface area (Å²) in [5, 5.41) is 1.38. The summed E-state index contributed by atoms with van der Waals surface area (Å²) in [5.74, 6) is -0.531. The maximum atomic E-state index is 13.1. The highest BCUT2D eigenvalue weighted by atomic mass is 32.2. The molecule has 1 fully saturated rings. The first-order valence-corrected chi connectivity index (χ1v) is 11.8. The fraction of sp³-hybridized carbons (Fsp3) is 0.222. The number of amides is 2. The average molecular weight is 476 g/mol. The zero-order valence-corrected chi connectivity index (χ0v) is 20.1. The molecule has 7 heteroatoms. The van der Waals surface area contributed by atoms with Crippen LogP contribution in [0.3, 0.4) is 0 Å². The first-order chi connectivity index (χ1) is 16.4. The van der Waals surface area contributed by atoms with Gasteiger partial charge in [-0.1, -0.05) is 60.2 Å². The Morgan fingerprint density at radius 2 is 1.88 bits per heavy atom. The number of hydrogen-bond acceptors (Lipinski definition) is 6. The molecule has 34 heavy (non-hydrogen) atoms. The molecule has 4 rings (SSSR count). The minimum atomic E-state index is -0.997. The number of thioether (sulfide) groups is 1. The van der Waals surface area contributed by atoms with E-state index < -0.39 is 23.2 Å². The number of hydrogen-bond donors (Lipinski definition) is 0. The van der Waals surface area contributed by atoms with E-state index in [1.165, 1.54) is 6.92 Å². The summed E-state index contributed by atoms with van der Waals surface area (Å²) in [6.45, 7) is 5.73. The van der Waals surface area contributed by atoms with Crippen molar-refractivity contribution in [3.63, 3.8) is 0 Å². The van der Waals surface area contributed by atoms with Gasteiger partial charge in [-0.3, -0.25) is 14.5 Å². The van der Waals surface area contributed by atoms with E-state index in [1.54, 1.807) is 13.0 Å². The monoisotopic (exact) mass is 475 g/mol. The highest BCUT2D eigenvalue weighted by Crippen LogP contribution is 2.38. The van der Waals surface area contributed by atoms with Gasteiger partial charge in [0.05, 0.1) is 11.5 Å². The van der Waals surface area contributed by atoms with Gasteiger partial charge < -0.3 is 9.47 Å². The second kappa shape index (κ2) is 10.1. The Morgan fingerprint density at radius 3 is 2.65 bits per heavy atom. The molecule has 3 aromatic carbocycles. The Kier molecular flexibility index (Phi) is 7.03. The van der Waals surface area contributed by atoms with E-state index in [0.29, 0.717) is 17.9 Å². The van der Waals surface area contributed by atoms with Crippen LogP contribution in [0, 0.1) is 6.92 Å². The molecular weight excluding hydrogens is 450 g/mol. The van der Waals surface area contributed by atoms with Crippen molar-refractivity contribution in [2.45, 2.75) is 33.4 Å². The molecule has 1 aliphatic heterocycles. The Labute approximate surface area is 202 Å². The van der Waals surface area contributed by atoms with Gasteiger partial charge >= 0.3 is 5.97 Å². The van der Waals surface area contributed by atoms with Crippen LogP contribution >= 0.6 is 11.8 Å². The number of aryl methyl sites for hydroxylation is 1. The predicted molar refractivity (Wildman–Crippen MR) is 133 cm³/mol. The quantitative estimate of drug-likeness (QED) is 0.322. The van der Waals surface area contributed by atoms with Crippen molar-refractivity contribution in [3.8, 4) is 5.75 Å². The van der Waals surface area contributed by atoms with Crippen molar-refractivity contribution < 1.29 is 23.9 Å². The van der Waals surface area contributed by atoms with E-state index in [0.717, 1.165) is 38.6 Å². The molecular formula is C27H25NO5S. The highest BCUT2D eigenvalue weighted by molar-refractivity contribution is 8.18. The van der Waals surface area contributed by atoms with E-state index in [2.05, 4.69) is 6.07 Å². The van der Waals surface area contributed by atoms with Gasteiger partial charge in [0.15, 0.2) is 0 Å². The minimum Gasteiger partial charge on any atom is -0.488 e. The zero-order chi connectivity index (χ0) is 24.2. The second-order valence-electron chi connectivity index (χ2n) is 7.96. The van der Waals surface area contributed by atoms with Crippen molar-refractivity contribution in [3.05, 3.63) is 82.3 Å². The number of nitrogens with zero attached hydrogens (tertiary/aromatic N) is 1. The van der Waals surface area contributed by atoms with E-state index >= 15 is 0 Å². The third-order valence-electron chi connectivity index (χ3n) is 5.52. The molecule has 0 N–H and O–H groups in total. The molecule has 1 aliphatic rings. The third-order valence-corrected chi connectivity index (χ3v) is 6.41. The van der Waals surface area contributed by atoms with Gasteiger partial charge in [0, 0.05) is 5.56 Å². The lowest BCUT2D eigenvalue weighted by Crippen LogP contribution is -2.42. The number of imide groups is 1. The molecule has 0 aromatic heterocycles. The van der Waals surface area contributed by atoms with Crippen molar-refractivity contribution in [2.24, 2.45) is 0 Å². The summed E-state index contributed by atoms with van der Waals surface area (Å²) in [6.07, 6.45) is 1.68. The summed E-state index contributed by atoms with van der Waals surface area (Å²) in [6, 6.07) is 18.7. The van der Waals surface area contributed by atoms with Gasteiger partial charge in [-0.2, -0.15) is 0 Å². The SMILES string of the molecule is CCOC(=O)[C@@H](C)N1C(=O)S/C(=C/c2c(OCc3cccc(C)c3)ccc3ccccc23)C1=O. The number of fused-ring (bicyclic) bond motifs is 1. The van der Waals surface area contributed by atoms with Crippen molar-refractivity contribution in [2.75, 3.05) is 6.61 Å². The highest BCUT2D eigenvalue weighted by Gasteiger charge is 2.41. The topological polar surface area (TPSA) is 72.9 Å². The molecule has 6 nitrogen and oxygen atoms in total. The van der Waals surface area contributed by atoms with Crippen LogP contribution in [0.1, 0.15) is 30.5 Å². The van der Waals surface area contributed by atoms with E-state index in [4.69, 9.17) is 9.47 Å². The lowest BCUT2D eigenvalue weighted by molar-refractivity contribution is -0.150. The number of rotatable bonds is 7. The number of carbonyl (C=O) groups is 3. The van der Waals surface area contributed by atoms with Crippen LogP contribution in [-0.4, -0.2) is 34.7 Å². The largest absolute Gasteiger partial charge is 0.488 e. The first kappa shape index (κ1) is 23.6. The molecule has 1 saturated heterocycles. The number of esters is 1. The van der Waals surface area contributed by atoms with Gasteiger partial charge in [-0.05, 0) is 61.0 Å². The van der Waals surface area contributed by atoms with E-state index in [-0.39, 0.29) is 11.5 Å². The maximum Gasteiger partial charge on any atom is 0.329 e. The predicted octanol–water partition coefficient (Wildman–Crippen LogP) is 5.72. The zero-order valence-electron chi connectivity index (χ0n) is 19.2. The smallest absolute Gasteiger partial charge is 0.329 e.